The van der Waals surface area contributed by atoms with Crippen LogP contribution >= 0.6 is 0 Å². The highest BCUT2D eigenvalue weighted by molar-refractivity contribution is 5.27. The second-order valence-electron chi connectivity index (χ2n) is 1.96. The third-order valence-corrected chi connectivity index (χ3v) is 1.20. The fourth-order valence-corrected chi connectivity index (χ4v) is 0.700. The van der Waals surface area contributed by atoms with Gasteiger partial charge in [-0.1, -0.05) is 6.58 Å². The van der Waals surface area contributed by atoms with Crippen molar-refractivity contribution in [3.8, 4) is 5.75 Å². The van der Waals surface area contributed by atoms with E-state index in [0.717, 1.165) is 12.3 Å². The zero-order valence-corrected chi connectivity index (χ0v) is 5.98. The van der Waals surface area contributed by atoms with Crippen molar-refractivity contribution in [2.75, 3.05) is 0 Å². The summed E-state index contributed by atoms with van der Waals surface area (Å²) in [6, 6.07) is 1.46. The van der Waals surface area contributed by atoms with E-state index in [-0.39, 0.29) is 0 Å². The van der Waals surface area contributed by atoms with Crippen LogP contribution in [0.15, 0.2) is 25.0 Å². The lowest BCUT2D eigenvalue weighted by Crippen LogP contribution is -1.94. The van der Waals surface area contributed by atoms with E-state index in [0.29, 0.717) is 6.07 Å². The Morgan fingerprint density at radius 3 is 2.33 bits per heavy atom. The van der Waals surface area contributed by atoms with E-state index in [1.54, 1.807) is 0 Å². The number of hydrogen-bond acceptors (Lipinski definition) is 1. The molecule has 1 rings (SSSR count). The average Bonchev–Trinajstić information content (AvgIpc) is 2.06. The van der Waals surface area contributed by atoms with Gasteiger partial charge in [0.1, 0.15) is 0 Å². The van der Waals surface area contributed by atoms with Gasteiger partial charge in [0.25, 0.3) is 0 Å². The highest BCUT2D eigenvalue weighted by atomic mass is 19.2. The Hall–Kier alpha value is -1.45. The molecule has 64 valence electrons. The molecule has 0 saturated carbocycles. The molecule has 0 aromatic heterocycles. The summed E-state index contributed by atoms with van der Waals surface area (Å²) in [5.74, 6) is -4.25. The van der Waals surface area contributed by atoms with Crippen molar-refractivity contribution in [1.82, 2.24) is 0 Å². The number of ether oxygens (including phenoxy) is 1. The minimum Gasteiger partial charge on any atom is -0.459 e. The molecular formula is C8H5F3O. The fourth-order valence-electron chi connectivity index (χ4n) is 0.700. The molecule has 0 unspecified atom stereocenters. The van der Waals surface area contributed by atoms with E-state index in [1.807, 2.05) is 0 Å². The standard InChI is InChI=1S/C8H5F3O/c1-2-12-8-6(10)4-3-5(9)7(8)11/h2-4H,1H2. The van der Waals surface area contributed by atoms with Crippen molar-refractivity contribution < 1.29 is 17.9 Å². The molecule has 0 atom stereocenters. The Kier molecular flexibility index (Phi) is 2.38. The Balaban J connectivity index is 3.22. The molecule has 1 aromatic carbocycles. The smallest absolute Gasteiger partial charge is 0.204 e. The van der Waals surface area contributed by atoms with Gasteiger partial charge in [0.05, 0.1) is 6.26 Å². The molecule has 1 aromatic rings. The maximum Gasteiger partial charge on any atom is 0.204 e. The first-order valence-electron chi connectivity index (χ1n) is 3.08. The molecule has 0 fully saturated rings. The fraction of sp³-hybridized carbons (Fsp3) is 0. The largest absolute Gasteiger partial charge is 0.459 e. The van der Waals surface area contributed by atoms with Crippen LogP contribution in [0.2, 0.25) is 0 Å². The third-order valence-electron chi connectivity index (χ3n) is 1.20. The van der Waals surface area contributed by atoms with Crippen LogP contribution in [-0.4, -0.2) is 0 Å². The molecule has 4 heteroatoms. The molecule has 0 heterocycles. The molecule has 0 aliphatic rings. The van der Waals surface area contributed by atoms with Crippen LogP contribution in [0.4, 0.5) is 13.2 Å². The van der Waals surface area contributed by atoms with E-state index in [4.69, 9.17) is 0 Å². The van der Waals surface area contributed by atoms with Crippen LogP contribution in [0.25, 0.3) is 0 Å². The normalized spacial score (nSPS) is 9.58. The second kappa shape index (κ2) is 3.30. The summed E-state index contributed by atoms with van der Waals surface area (Å²) in [6.45, 7) is 3.09. The number of hydrogen-bond donors (Lipinski definition) is 0. The summed E-state index contributed by atoms with van der Waals surface area (Å²) in [7, 11) is 0. The Bertz CT molecular complexity index is 309. The van der Waals surface area contributed by atoms with E-state index < -0.39 is 23.2 Å². The van der Waals surface area contributed by atoms with Gasteiger partial charge in [-0.25, -0.2) is 8.78 Å². The first-order valence-corrected chi connectivity index (χ1v) is 3.08. The van der Waals surface area contributed by atoms with Gasteiger partial charge in [-0.05, 0) is 12.1 Å². The lowest BCUT2D eigenvalue weighted by atomic mass is 10.3. The van der Waals surface area contributed by atoms with Crippen LogP contribution in [0.5, 0.6) is 5.75 Å². The monoisotopic (exact) mass is 174 g/mol. The summed E-state index contributed by atoms with van der Waals surface area (Å²) in [4.78, 5) is 0. The molecule has 0 amide bonds. The summed E-state index contributed by atoms with van der Waals surface area (Å²) in [5, 5.41) is 0. The van der Waals surface area contributed by atoms with Crippen molar-refractivity contribution in [1.29, 1.82) is 0 Å². The third kappa shape index (κ3) is 1.42. The van der Waals surface area contributed by atoms with Crippen molar-refractivity contribution in [3.63, 3.8) is 0 Å². The molecule has 12 heavy (non-hydrogen) atoms. The Morgan fingerprint density at radius 1 is 1.17 bits per heavy atom. The van der Waals surface area contributed by atoms with E-state index in [1.165, 1.54) is 0 Å². The zero-order chi connectivity index (χ0) is 9.14. The molecule has 0 bridgehead atoms. The molecule has 0 radical (unpaired) electrons. The van der Waals surface area contributed by atoms with Crippen LogP contribution in [0.1, 0.15) is 0 Å². The molecule has 0 N–H and O–H groups in total. The van der Waals surface area contributed by atoms with Gasteiger partial charge in [0.2, 0.25) is 11.6 Å². The predicted octanol–water partition coefficient (Wildman–Crippen LogP) is 2.63. The predicted molar refractivity (Wildman–Crippen MR) is 37.1 cm³/mol. The zero-order valence-electron chi connectivity index (χ0n) is 5.98. The van der Waals surface area contributed by atoms with Gasteiger partial charge in [-0.3, -0.25) is 0 Å². The minimum absolute atomic E-state index is 0.681. The van der Waals surface area contributed by atoms with Crippen LogP contribution in [0, 0.1) is 17.5 Å². The topological polar surface area (TPSA) is 9.23 Å². The van der Waals surface area contributed by atoms with Crippen LogP contribution in [-0.2, 0) is 0 Å². The SMILES string of the molecule is C=COc1c(F)ccc(F)c1F. The molecule has 0 saturated heterocycles. The van der Waals surface area contributed by atoms with E-state index >= 15 is 0 Å². The lowest BCUT2D eigenvalue weighted by molar-refractivity contribution is 0.386. The molecule has 0 aliphatic carbocycles. The minimum atomic E-state index is -1.35. The van der Waals surface area contributed by atoms with Gasteiger partial charge in [0.15, 0.2) is 11.6 Å². The molecular weight excluding hydrogens is 169 g/mol. The van der Waals surface area contributed by atoms with Gasteiger partial charge < -0.3 is 4.74 Å². The Morgan fingerprint density at radius 2 is 1.75 bits per heavy atom. The van der Waals surface area contributed by atoms with Crippen LogP contribution in [0.3, 0.4) is 0 Å². The highest BCUT2D eigenvalue weighted by Gasteiger charge is 2.13. The maximum atomic E-state index is 12.7. The average molecular weight is 174 g/mol. The summed E-state index contributed by atoms with van der Waals surface area (Å²) >= 11 is 0. The Labute approximate surface area is 67.1 Å². The molecule has 0 spiro atoms. The van der Waals surface area contributed by atoms with Gasteiger partial charge in [0, 0.05) is 0 Å². The maximum absolute atomic E-state index is 12.7. The lowest BCUT2D eigenvalue weighted by Gasteiger charge is -2.02. The first kappa shape index (κ1) is 8.64. The van der Waals surface area contributed by atoms with Crippen molar-refractivity contribution in [2.24, 2.45) is 0 Å². The second-order valence-corrected chi connectivity index (χ2v) is 1.96. The van der Waals surface area contributed by atoms with Gasteiger partial charge >= 0.3 is 0 Å². The summed E-state index contributed by atoms with van der Waals surface area (Å²) in [5.41, 5.74) is 0. The van der Waals surface area contributed by atoms with Crippen molar-refractivity contribution in [3.05, 3.63) is 42.4 Å². The molecule has 0 aliphatic heterocycles. The summed E-state index contributed by atoms with van der Waals surface area (Å²) in [6.07, 6.45) is 0.820. The highest BCUT2D eigenvalue weighted by Crippen LogP contribution is 2.23. The van der Waals surface area contributed by atoms with E-state index in [9.17, 15) is 13.2 Å². The van der Waals surface area contributed by atoms with Gasteiger partial charge in [-0.2, -0.15) is 4.39 Å². The van der Waals surface area contributed by atoms with Gasteiger partial charge in [-0.15, -0.1) is 0 Å². The van der Waals surface area contributed by atoms with E-state index in [2.05, 4.69) is 11.3 Å². The summed E-state index contributed by atoms with van der Waals surface area (Å²) < 4.78 is 42.0. The quantitative estimate of drug-likeness (QED) is 0.494. The van der Waals surface area contributed by atoms with Crippen LogP contribution < -0.4 is 4.74 Å². The number of halogens is 3. The number of rotatable bonds is 2. The van der Waals surface area contributed by atoms with Crippen molar-refractivity contribution in [2.45, 2.75) is 0 Å². The first-order chi connectivity index (χ1) is 5.66. The molecule has 1 nitrogen and oxygen atoms in total. The number of benzene rings is 1. The van der Waals surface area contributed by atoms with Crippen molar-refractivity contribution >= 4 is 0 Å².